The summed E-state index contributed by atoms with van der Waals surface area (Å²) < 4.78 is 7.31. The number of nitro groups is 1. The monoisotopic (exact) mass is 342 g/mol. The zero-order valence-electron chi connectivity index (χ0n) is 12.7. The lowest BCUT2D eigenvalue weighted by Crippen LogP contribution is -2.00. The Balaban J connectivity index is 1.77. The number of hydrogen-bond acceptors (Lipinski definition) is 6. The summed E-state index contributed by atoms with van der Waals surface area (Å²) in [7, 11) is 0. The van der Waals surface area contributed by atoms with E-state index >= 15 is 0 Å². The number of allylic oxidation sites excluding steroid dienone is 1. The van der Waals surface area contributed by atoms with E-state index < -0.39 is 4.92 Å². The number of furan rings is 1. The van der Waals surface area contributed by atoms with Gasteiger partial charge in [-0.1, -0.05) is 30.0 Å². The largest absolute Gasteiger partial charge is 0.461 e. The third kappa shape index (κ3) is 3.38. The summed E-state index contributed by atoms with van der Waals surface area (Å²) in [5.41, 5.74) is 1.05. The summed E-state index contributed by atoms with van der Waals surface area (Å²) >= 11 is 1.50. The molecule has 0 aliphatic heterocycles. The van der Waals surface area contributed by atoms with Gasteiger partial charge in [-0.15, -0.1) is 16.8 Å². The zero-order chi connectivity index (χ0) is 16.9. The maximum absolute atomic E-state index is 10.7. The van der Waals surface area contributed by atoms with E-state index in [2.05, 4.69) is 16.8 Å². The van der Waals surface area contributed by atoms with Crippen molar-refractivity contribution in [3.63, 3.8) is 0 Å². The molecule has 0 amide bonds. The summed E-state index contributed by atoms with van der Waals surface area (Å²) in [4.78, 5) is 10.3. The smallest absolute Gasteiger partial charge is 0.269 e. The first-order valence-corrected chi connectivity index (χ1v) is 8.11. The number of benzene rings is 1. The summed E-state index contributed by atoms with van der Waals surface area (Å²) in [6, 6.07) is 10.1. The molecule has 0 aliphatic carbocycles. The molecule has 0 bridgehead atoms. The molecular weight excluding hydrogens is 328 g/mol. The van der Waals surface area contributed by atoms with Crippen molar-refractivity contribution in [2.45, 2.75) is 17.5 Å². The van der Waals surface area contributed by atoms with Crippen LogP contribution in [-0.2, 0) is 12.3 Å². The molecule has 1 aromatic carbocycles. The van der Waals surface area contributed by atoms with E-state index in [9.17, 15) is 10.1 Å². The standard InChI is InChI=1S/C16H14N4O3S/c1-2-9-19-15(14-4-3-10-23-14)17-18-16(19)24-11-12-5-7-13(8-6-12)20(21)22/h2-8,10H,1,9,11H2. The van der Waals surface area contributed by atoms with E-state index in [1.165, 1.54) is 23.9 Å². The second-order valence-corrected chi connectivity index (χ2v) is 5.84. The van der Waals surface area contributed by atoms with Crippen LogP contribution in [0.2, 0.25) is 0 Å². The number of nitro benzene ring substituents is 1. The second kappa shape index (κ2) is 7.14. The van der Waals surface area contributed by atoms with Crippen LogP contribution < -0.4 is 0 Å². The molecule has 7 nitrogen and oxygen atoms in total. The molecule has 24 heavy (non-hydrogen) atoms. The van der Waals surface area contributed by atoms with Gasteiger partial charge in [0, 0.05) is 24.4 Å². The maximum Gasteiger partial charge on any atom is 0.269 e. The Bertz CT molecular complexity index is 841. The molecule has 0 spiro atoms. The third-order valence-corrected chi connectivity index (χ3v) is 4.32. The van der Waals surface area contributed by atoms with Crippen LogP contribution in [0.4, 0.5) is 5.69 Å². The van der Waals surface area contributed by atoms with Gasteiger partial charge in [0.25, 0.3) is 5.69 Å². The highest BCUT2D eigenvalue weighted by Gasteiger charge is 2.15. The van der Waals surface area contributed by atoms with Gasteiger partial charge >= 0.3 is 0 Å². The molecule has 122 valence electrons. The molecule has 0 saturated carbocycles. The highest BCUT2D eigenvalue weighted by molar-refractivity contribution is 7.98. The van der Waals surface area contributed by atoms with E-state index in [0.29, 0.717) is 23.9 Å². The molecule has 2 heterocycles. The molecule has 3 aromatic rings. The molecule has 3 rings (SSSR count). The van der Waals surface area contributed by atoms with E-state index in [-0.39, 0.29) is 5.69 Å². The van der Waals surface area contributed by atoms with Gasteiger partial charge in [0.2, 0.25) is 5.82 Å². The molecule has 0 atom stereocenters. The average molecular weight is 342 g/mol. The first-order valence-electron chi connectivity index (χ1n) is 7.13. The Kier molecular flexibility index (Phi) is 4.76. The molecule has 0 fully saturated rings. The predicted molar refractivity (Wildman–Crippen MR) is 90.6 cm³/mol. The lowest BCUT2D eigenvalue weighted by molar-refractivity contribution is -0.384. The Morgan fingerprint density at radius 1 is 1.29 bits per heavy atom. The predicted octanol–water partition coefficient (Wildman–Crippen LogP) is 3.92. The van der Waals surface area contributed by atoms with Gasteiger partial charge in [0.15, 0.2) is 10.9 Å². The molecule has 0 unspecified atom stereocenters. The first kappa shape index (κ1) is 16.0. The average Bonchev–Trinajstić information content (AvgIpc) is 3.23. The Morgan fingerprint density at radius 2 is 2.08 bits per heavy atom. The van der Waals surface area contributed by atoms with Crippen LogP contribution in [0, 0.1) is 10.1 Å². The van der Waals surface area contributed by atoms with Crippen molar-refractivity contribution in [3.05, 3.63) is 71.0 Å². The normalized spacial score (nSPS) is 10.7. The number of aromatic nitrogens is 3. The number of nitrogens with zero attached hydrogens (tertiary/aromatic N) is 4. The van der Waals surface area contributed by atoms with Crippen molar-refractivity contribution >= 4 is 17.4 Å². The van der Waals surface area contributed by atoms with Crippen LogP contribution in [0.5, 0.6) is 0 Å². The third-order valence-electron chi connectivity index (χ3n) is 3.29. The summed E-state index contributed by atoms with van der Waals surface area (Å²) in [5, 5.41) is 19.8. The molecular formula is C16H14N4O3S. The second-order valence-electron chi connectivity index (χ2n) is 4.89. The van der Waals surface area contributed by atoms with Crippen molar-refractivity contribution in [3.8, 4) is 11.6 Å². The molecule has 0 aliphatic rings. The van der Waals surface area contributed by atoms with Crippen LogP contribution >= 0.6 is 11.8 Å². The zero-order valence-corrected chi connectivity index (χ0v) is 13.5. The van der Waals surface area contributed by atoms with Gasteiger partial charge in [0.05, 0.1) is 11.2 Å². The SMILES string of the molecule is C=CCn1c(SCc2ccc([N+](=O)[O-])cc2)nnc1-c1ccco1. The number of rotatable bonds is 7. The van der Waals surface area contributed by atoms with Crippen molar-refractivity contribution in [1.82, 2.24) is 14.8 Å². The fourth-order valence-corrected chi connectivity index (χ4v) is 3.04. The van der Waals surface area contributed by atoms with Gasteiger partial charge in [-0.2, -0.15) is 0 Å². The van der Waals surface area contributed by atoms with Crippen molar-refractivity contribution in [2.75, 3.05) is 0 Å². The fourth-order valence-electron chi connectivity index (χ4n) is 2.14. The minimum Gasteiger partial charge on any atom is -0.461 e. The lowest BCUT2D eigenvalue weighted by Gasteiger charge is -2.06. The fraction of sp³-hybridized carbons (Fsp3) is 0.125. The molecule has 0 radical (unpaired) electrons. The van der Waals surface area contributed by atoms with Crippen LogP contribution in [0.25, 0.3) is 11.6 Å². The van der Waals surface area contributed by atoms with E-state index in [4.69, 9.17) is 4.42 Å². The van der Waals surface area contributed by atoms with Crippen LogP contribution in [0.3, 0.4) is 0 Å². The highest BCUT2D eigenvalue weighted by Crippen LogP contribution is 2.27. The summed E-state index contributed by atoms with van der Waals surface area (Å²) in [5.74, 6) is 1.92. The molecule has 0 N–H and O–H groups in total. The van der Waals surface area contributed by atoms with Crippen molar-refractivity contribution in [1.29, 1.82) is 0 Å². The van der Waals surface area contributed by atoms with Crippen LogP contribution in [0.1, 0.15) is 5.56 Å². The van der Waals surface area contributed by atoms with E-state index in [1.807, 2.05) is 10.6 Å². The highest BCUT2D eigenvalue weighted by atomic mass is 32.2. The molecule has 8 heteroatoms. The number of thioether (sulfide) groups is 1. The van der Waals surface area contributed by atoms with Crippen LogP contribution in [0.15, 0.2) is 64.9 Å². The molecule has 2 aromatic heterocycles. The molecule has 0 saturated heterocycles. The van der Waals surface area contributed by atoms with Crippen molar-refractivity contribution in [2.24, 2.45) is 0 Å². The number of hydrogen-bond donors (Lipinski definition) is 0. The van der Waals surface area contributed by atoms with Gasteiger partial charge in [-0.25, -0.2) is 0 Å². The quantitative estimate of drug-likeness (QED) is 0.280. The summed E-state index contributed by atoms with van der Waals surface area (Å²) in [6.45, 7) is 4.32. The summed E-state index contributed by atoms with van der Waals surface area (Å²) in [6.07, 6.45) is 3.36. The van der Waals surface area contributed by atoms with Crippen LogP contribution in [-0.4, -0.2) is 19.7 Å². The number of non-ortho nitro benzene ring substituents is 1. The van der Waals surface area contributed by atoms with Crippen molar-refractivity contribution < 1.29 is 9.34 Å². The van der Waals surface area contributed by atoms with Gasteiger partial charge in [0.1, 0.15) is 0 Å². The van der Waals surface area contributed by atoms with E-state index in [0.717, 1.165) is 10.7 Å². The lowest BCUT2D eigenvalue weighted by atomic mass is 10.2. The maximum atomic E-state index is 10.7. The Morgan fingerprint density at radius 3 is 2.71 bits per heavy atom. The Hall–Kier alpha value is -2.87. The van der Waals surface area contributed by atoms with Gasteiger partial charge < -0.3 is 4.42 Å². The first-order chi connectivity index (χ1) is 11.7. The minimum atomic E-state index is -0.409. The minimum absolute atomic E-state index is 0.0821. The van der Waals surface area contributed by atoms with Gasteiger partial charge in [-0.05, 0) is 17.7 Å². The van der Waals surface area contributed by atoms with E-state index in [1.54, 1.807) is 30.5 Å². The topological polar surface area (TPSA) is 87.0 Å². The Labute approximate surface area is 142 Å². The van der Waals surface area contributed by atoms with Gasteiger partial charge in [-0.3, -0.25) is 14.7 Å².